The second kappa shape index (κ2) is 5.09. The van der Waals surface area contributed by atoms with Crippen LogP contribution in [0.5, 0.6) is 0 Å². The molecule has 0 saturated heterocycles. The first-order valence-corrected chi connectivity index (χ1v) is 4.65. The number of aliphatic hydroxyl groups is 1. The summed E-state index contributed by atoms with van der Waals surface area (Å²) in [5.41, 5.74) is 0. The smallest absolute Gasteiger partial charge is 0.407 e. The molecule has 15 heavy (non-hydrogen) atoms. The first-order chi connectivity index (χ1) is 7.08. The minimum atomic E-state index is -0.921. The molecule has 0 heterocycles. The number of Topliss-reactive ketones (excluding diaryl/α,β-unsaturated/α-hetero) is 1. The molecule has 3 atom stereocenters. The molecule has 0 aromatic carbocycles. The van der Waals surface area contributed by atoms with E-state index < -0.39 is 24.3 Å². The third-order valence-electron chi connectivity index (χ3n) is 2.45. The number of carbonyl (C=O) groups excluding carboxylic acids is 2. The van der Waals surface area contributed by atoms with Crippen LogP contribution < -0.4 is 5.32 Å². The molecule has 0 aliphatic heterocycles. The zero-order valence-corrected chi connectivity index (χ0v) is 8.73. The Kier molecular flexibility index (Phi) is 4.05. The van der Waals surface area contributed by atoms with Crippen LogP contribution in [-0.4, -0.2) is 49.5 Å². The van der Waals surface area contributed by atoms with Crippen LogP contribution in [-0.2, 0) is 14.3 Å². The molecule has 1 rings (SSSR count). The molecule has 1 aliphatic rings. The minimum absolute atomic E-state index is 0.0362. The van der Waals surface area contributed by atoms with Crippen LogP contribution in [0.3, 0.4) is 0 Å². The molecule has 86 valence electrons. The zero-order chi connectivity index (χ0) is 11.4. The Balaban J connectivity index is 2.65. The molecule has 1 saturated carbocycles. The predicted molar refractivity (Wildman–Crippen MR) is 50.4 cm³/mol. The molecule has 1 amide bonds. The van der Waals surface area contributed by atoms with Crippen LogP contribution in [0.2, 0.25) is 0 Å². The fraction of sp³-hybridized carbons (Fsp3) is 0.778. The minimum Gasteiger partial charge on any atom is -0.453 e. The topological polar surface area (TPSA) is 84.9 Å². The molecule has 6 nitrogen and oxygen atoms in total. The van der Waals surface area contributed by atoms with Crippen molar-refractivity contribution in [3.05, 3.63) is 0 Å². The number of nitrogens with one attached hydrogen (secondary N) is 1. The predicted octanol–water partition coefficient (Wildman–Crippen LogP) is -0.550. The Morgan fingerprint density at radius 3 is 2.67 bits per heavy atom. The van der Waals surface area contributed by atoms with E-state index in [1.165, 1.54) is 14.2 Å². The van der Waals surface area contributed by atoms with Crippen LogP contribution in [0.15, 0.2) is 0 Å². The van der Waals surface area contributed by atoms with Crippen molar-refractivity contribution in [3.8, 4) is 0 Å². The number of methoxy groups -OCH3 is 2. The molecule has 0 aromatic heterocycles. The van der Waals surface area contributed by atoms with Gasteiger partial charge in [-0.1, -0.05) is 0 Å². The van der Waals surface area contributed by atoms with Crippen molar-refractivity contribution in [1.82, 2.24) is 5.32 Å². The molecule has 0 spiro atoms. The summed E-state index contributed by atoms with van der Waals surface area (Å²) in [4.78, 5) is 22.1. The van der Waals surface area contributed by atoms with Crippen molar-refractivity contribution in [2.45, 2.75) is 31.1 Å². The van der Waals surface area contributed by atoms with Gasteiger partial charge in [-0.2, -0.15) is 0 Å². The normalized spacial score (nSPS) is 31.1. The molecule has 0 radical (unpaired) electrons. The van der Waals surface area contributed by atoms with Gasteiger partial charge in [-0.3, -0.25) is 4.79 Å². The van der Waals surface area contributed by atoms with Crippen molar-refractivity contribution in [2.24, 2.45) is 0 Å². The van der Waals surface area contributed by atoms with E-state index in [4.69, 9.17) is 4.74 Å². The second-order valence-corrected chi connectivity index (χ2v) is 3.45. The summed E-state index contributed by atoms with van der Waals surface area (Å²) in [5, 5.41) is 12.1. The Labute approximate surface area is 87.5 Å². The Bertz CT molecular complexity index is 255. The van der Waals surface area contributed by atoms with Gasteiger partial charge in [0, 0.05) is 20.0 Å². The molecule has 0 aromatic rings. The number of rotatable bonds is 2. The van der Waals surface area contributed by atoms with Crippen molar-refractivity contribution in [2.75, 3.05) is 14.2 Å². The number of amides is 1. The molecule has 1 aliphatic carbocycles. The van der Waals surface area contributed by atoms with E-state index in [0.29, 0.717) is 0 Å². The van der Waals surface area contributed by atoms with Gasteiger partial charge >= 0.3 is 6.09 Å². The van der Waals surface area contributed by atoms with E-state index in [1.807, 2.05) is 0 Å². The van der Waals surface area contributed by atoms with Gasteiger partial charge in [0.05, 0.1) is 25.4 Å². The molecule has 6 heteroatoms. The van der Waals surface area contributed by atoms with Crippen LogP contribution >= 0.6 is 0 Å². The number of ketones is 1. The Hall–Kier alpha value is -1.14. The molecule has 1 fully saturated rings. The maximum atomic E-state index is 11.2. The summed E-state index contributed by atoms with van der Waals surface area (Å²) in [7, 11) is 2.67. The summed E-state index contributed by atoms with van der Waals surface area (Å²) >= 11 is 0. The maximum absolute atomic E-state index is 11.2. The third kappa shape index (κ3) is 2.90. The fourth-order valence-electron chi connectivity index (χ4n) is 1.66. The first kappa shape index (κ1) is 11.9. The van der Waals surface area contributed by atoms with E-state index in [-0.39, 0.29) is 18.6 Å². The van der Waals surface area contributed by atoms with Crippen molar-refractivity contribution < 1.29 is 24.2 Å². The Morgan fingerprint density at radius 2 is 2.13 bits per heavy atom. The summed E-state index contributed by atoms with van der Waals surface area (Å²) in [6.07, 6.45) is -1.83. The number of ether oxygens (including phenoxy) is 2. The largest absolute Gasteiger partial charge is 0.453 e. The first-order valence-electron chi connectivity index (χ1n) is 4.65. The highest BCUT2D eigenvalue weighted by Gasteiger charge is 2.37. The van der Waals surface area contributed by atoms with Gasteiger partial charge in [0.15, 0.2) is 0 Å². The molecule has 0 unspecified atom stereocenters. The standard InChI is InChI=1S/C9H15NO5/c1-14-7-4-5(11)3-6(12)8(7)10-9(13)15-2/h6-8,12H,3-4H2,1-2H3,(H,10,13)/t6-,7-,8-/m1/s1. The zero-order valence-electron chi connectivity index (χ0n) is 8.73. The number of hydrogen-bond donors (Lipinski definition) is 2. The maximum Gasteiger partial charge on any atom is 0.407 e. The lowest BCUT2D eigenvalue weighted by atomic mass is 9.89. The van der Waals surface area contributed by atoms with Gasteiger partial charge in [0.2, 0.25) is 0 Å². The highest BCUT2D eigenvalue weighted by molar-refractivity contribution is 5.81. The summed E-state index contributed by atoms with van der Waals surface area (Å²) in [5.74, 6) is -0.0720. The van der Waals surface area contributed by atoms with E-state index in [1.54, 1.807) is 0 Å². The highest BCUT2D eigenvalue weighted by atomic mass is 16.5. The van der Waals surface area contributed by atoms with Crippen molar-refractivity contribution in [3.63, 3.8) is 0 Å². The van der Waals surface area contributed by atoms with Gasteiger partial charge in [0.25, 0.3) is 0 Å². The van der Waals surface area contributed by atoms with Gasteiger partial charge in [-0.05, 0) is 0 Å². The van der Waals surface area contributed by atoms with Crippen LogP contribution in [0.25, 0.3) is 0 Å². The molecule has 0 bridgehead atoms. The monoisotopic (exact) mass is 217 g/mol. The van der Waals surface area contributed by atoms with E-state index in [0.717, 1.165) is 0 Å². The van der Waals surface area contributed by atoms with E-state index in [2.05, 4.69) is 10.1 Å². The summed E-state index contributed by atoms with van der Waals surface area (Å²) in [6, 6.07) is -0.597. The van der Waals surface area contributed by atoms with Gasteiger partial charge < -0.3 is 19.9 Å². The van der Waals surface area contributed by atoms with Crippen LogP contribution in [0, 0.1) is 0 Å². The fourth-order valence-corrected chi connectivity index (χ4v) is 1.66. The van der Waals surface area contributed by atoms with Crippen molar-refractivity contribution in [1.29, 1.82) is 0 Å². The van der Waals surface area contributed by atoms with Crippen LogP contribution in [0.4, 0.5) is 4.79 Å². The lowest BCUT2D eigenvalue weighted by molar-refractivity contribution is -0.130. The van der Waals surface area contributed by atoms with Gasteiger partial charge in [0.1, 0.15) is 5.78 Å². The number of hydrogen-bond acceptors (Lipinski definition) is 5. The summed E-state index contributed by atoms with van der Waals surface area (Å²) in [6.45, 7) is 0. The SMILES string of the molecule is COC(=O)N[C@@H]1[C@H](O)CC(=O)C[C@H]1OC. The lowest BCUT2D eigenvalue weighted by Gasteiger charge is -2.33. The summed E-state index contributed by atoms with van der Waals surface area (Å²) < 4.78 is 9.46. The number of carbonyl (C=O) groups is 2. The average molecular weight is 217 g/mol. The van der Waals surface area contributed by atoms with Crippen molar-refractivity contribution >= 4 is 11.9 Å². The Morgan fingerprint density at radius 1 is 1.47 bits per heavy atom. The highest BCUT2D eigenvalue weighted by Crippen LogP contribution is 2.19. The second-order valence-electron chi connectivity index (χ2n) is 3.45. The lowest BCUT2D eigenvalue weighted by Crippen LogP contribution is -2.55. The molecular formula is C9H15NO5. The molecular weight excluding hydrogens is 202 g/mol. The van der Waals surface area contributed by atoms with Gasteiger partial charge in [-0.25, -0.2) is 4.79 Å². The average Bonchev–Trinajstić information content (AvgIpc) is 2.21. The molecule has 2 N–H and O–H groups in total. The third-order valence-corrected chi connectivity index (χ3v) is 2.45. The van der Waals surface area contributed by atoms with E-state index in [9.17, 15) is 14.7 Å². The van der Waals surface area contributed by atoms with E-state index >= 15 is 0 Å². The van der Waals surface area contributed by atoms with Gasteiger partial charge in [-0.15, -0.1) is 0 Å². The number of aliphatic hydroxyl groups excluding tert-OH is 1. The number of alkyl carbamates (subject to hydrolysis) is 1. The van der Waals surface area contributed by atoms with Crippen LogP contribution in [0.1, 0.15) is 12.8 Å². The quantitative estimate of drug-likeness (QED) is 0.648.